The van der Waals surface area contributed by atoms with Crippen molar-refractivity contribution in [2.45, 2.75) is 18.7 Å². The quantitative estimate of drug-likeness (QED) is 0.313. The number of hydrogen-bond donors (Lipinski definition) is 2. The predicted molar refractivity (Wildman–Crippen MR) is 141 cm³/mol. The van der Waals surface area contributed by atoms with Gasteiger partial charge in [0, 0.05) is 16.9 Å². The second kappa shape index (κ2) is 11.1. The fourth-order valence-corrected chi connectivity index (χ4v) is 4.37. The Morgan fingerprint density at radius 3 is 2.18 bits per heavy atom. The first-order valence-electron chi connectivity index (χ1n) is 12.1. The molecule has 0 saturated carbocycles. The van der Waals surface area contributed by atoms with Gasteiger partial charge in [-0.2, -0.15) is 0 Å². The maximum absolute atomic E-state index is 13.8. The van der Waals surface area contributed by atoms with E-state index in [1.165, 1.54) is 47.4 Å². The number of rotatable bonds is 7. The van der Waals surface area contributed by atoms with Gasteiger partial charge in [0.05, 0.1) is 6.54 Å². The number of ether oxygens (including phenoxy) is 1. The highest BCUT2D eigenvalue weighted by molar-refractivity contribution is 6.04. The van der Waals surface area contributed by atoms with Crippen molar-refractivity contribution in [3.8, 4) is 0 Å². The van der Waals surface area contributed by atoms with Crippen LogP contribution in [0.25, 0.3) is 0 Å². The number of benzene rings is 4. The maximum Gasteiger partial charge on any atom is 0.411 e. The van der Waals surface area contributed by atoms with E-state index in [0.717, 1.165) is 5.56 Å². The van der Waals surface area contributed by atoms with Crippen molar-refractivity contribution in [1.29, 1.82) is 0 Å². The van der Waals surface area contributed by atoms with Crippen molar-refractivity contribution in [2.75, 3.05) is 10.6 Å². The van der Waals surface area contributed by atoms with E-state index < -0.39 is 41.7 Å². The van der Waals surface area contributed by atoms with Crippen LogP contribution < -0.4 is 10.6 Å². The number of amides is 3. The predicted octanol–water partition coefficient (Wildman–Crippen LogP) is 5.92. The van der Waals surface area contributed by atoms with Gasteiger partial charge >= 0.3 is 6.09 Å². The third-order valence-electron chi connectivity index (χ3n) is 6.22. The number of nitrogens with one attached hydrogen (secondary N) is 2. The van der Waals surface area contributed by atoms with Gasteiger partial charge in [-0.05, 0) is 65.7 Å². The zero-order valence-corrected chi connectivity index (χ0v) is 20.5. The van der Waals surface area contributed by atoms with Crippen LogP contribution in [0, 0.1) is 11.6 Å². The monoisotopic (exact) mass is 527 g/mol. The number of carbonyl (C=O) groups is 3. The minimum atomic E-state index is -1.09. The van der Waals surface area contributed by atoms with Crippen molar-refractivity contribution in [2.24, 2.45) is 0 Å². The zero-order chi connectivity index (χ0) is 27.4. The van der Waals surface area contributed by atoms with Crippen LogP contribution in [0.1, 0.15) is 27.6 Å². The highest BCUT2D eigenvalue weighted by Gasteiger charge is 2.47. The Morgan fingerprint density at radius 2 is 1.46 bits per heavy atom. The van der Waals surface area contributed by atoms with Gasteiger partial charge < -0.3 is 15.4 Å². The molecule has 7 nitrogen and oxygen atoms in total. The molecule has 1 aliphatic heterocycles. The number of halogens is 2. The molecule has 2 N–H and O–H groups in total. The lowest BCUT2D eigenvalue weighted by Gasteiger charge is -2.24. The molecule has 9 heteroatoms. The molecule has 0 aromatic heterocycles. The smallest absolute Gasteiger partial charge is 0.411 e. The van der Waals surface area contributed by atoms with E-state index in [2.05, 4.69) is 10.6 Å². The Bertz CT molecular complexity index is 1510. The SMILES string of the molecule is O=C(Nc1cccc([C@@H]2OC(=O)N(Cc3ccccc3)[C@@H]2C(=O)Nc2cccc(F)c2)c1)c1ccc(F)cc1. The summed E-state index contributed by atoms with van der Waals surface area (Å²) < 4.78 is 32.7. The van der Waals surface area contributed by atoms with Crippen LogP contribution >= 0.6 is 0 Å². The number of nitrogens with zero attached hydrogens (tertiary/aromatic N) is 1. The summed E-state index contributed by atoms with van der Waals surface area (Å²) in [6, 6.07) is 25.2. The standard InChI is InChI=1S/C30H23F2N3O4/c31-22-14-12-20(13-15-22)28(36)33-24-10-4-8-21(16-24)27-26(29(37)34-25-11-5-9-23(32)17-25)35(30(38)39-27)18-19-6-2-1-3-7-19/h1-17,26-27H,18H2,(H,33,36)(H,34,37)/t26-,27-/m0/s1. The molecule has 4 aromatic rings. The third kappa shape index (κ3) is 5.93. The fraction of sp³-hybridized carbons (Fsp3) is 0.100. The second-order valence-electron chi connectivity index (χ2n) is 8.95. The molecule has 0 aliphatic carbocycles. The molecule has 3 amide bonds. The highest BCUT2D eigenvalue weighted by Crippen LogP contribution is 2.35. The Kier molecular flexibility index (Phi) is 7.31. The van der Waals surface area contributed by atoms with E-state index in [1.54, 1.807) is 30.3 Å². The largest absolute Gasteiger partial charge is 0.438 e. The van der Waals surface area contributed by atoms with Gasteiger partial charge in [0.1, 0.15) is 11.6 Å². The summed E-state index contributed by atoms with van der Waals surface area (Å²) in [4.78, 5) is 40.5. The van der Waals surface area contributed by atoms with Gasteiger partial charge in [-0.3, -0.25) is 14.5 Å². The molecule has 0 bridgehead atoms. The lowest BCUT2D eigenvalue weighted by atomic mass is 10.00. The van der Waals surface area contributed by atoms with Crippen LogP contribution in [-0.2, 0) is 16.1 Å². The summed E-state index contributed by atoms with van der Waals surface area (Å²) in [5.41, 5.74) is 2.14. The molecular formula is C30H23F2N3O4. The summed E-state index contributed by atoms with van der Waals surface area (Å²) in [5.74, 6) is -2.00. The van der Waals surface area contributed by atoms with Crippen molar-refractivity contribution in [1.82, 2.24) is 4.90 Å². The molecule has 1 heterocycles. The first-order chi connectivity index (χ1) is 18.9. The number of carbonyl (C=O) groups excluding carboxylic acids is 3. The van der Waals surface area contributed by atoms with Crippen molar-refractivity contribution < 1.29 is 27.9 Å². The molecule has 0 radical (unpaired) electrons. The lowest BCUT2D eigenvalue weighted by Crippen LogP contribution is -2.43. The van der Waals surface area contributed by atoms with Crippen LogP contribution in [0.2, 0.25) is 0 Å². The molecule has 39 heavy (non-hydrogen) atoms. The molecule has 1 saturated heterocycles. The Hall–Kier alpha value is -5.05. The molecule has 1 fully saturated rings. The summed E-state index contributed by atoms with van der Waals surface area (Å²) in [6.07, 6.45) is -1.71. The molecule has 5 rings (SSSR count). The highest BCUT2D eigenvalue weighted by atomic mass is 19.1. The molecular weight excluding hydrogens is 504 g/mol. The van der Waals surface area contributed by atoms with E-state index in [9.17, 15) is 23.2 Å². The van der Waals surface area contributed by atoms with Gasteiger partial charge in [0.25, 0.3) is 11.8 Å². The van der Waals surface area contributed by atoms with Gasteiger partial charge in [-0.15, -0.1) is 0 Å². The van der Waals surface area contributed by atoms with Crippen LogP contribution in [-0.4, -0.2) is 28.8 Å². The minimum Gasteiger partial charge on any atom is -0.438 e. The fourth-order valence-electron chi connectivity index (χ4n) is 4.37. The number of cyclic esters (lactones) is 1. The van der Waals surface area contributed by atoms with Crippen LogP contribution in [0.15, 0.2) is 103 Å². The maximum atomic E-state index is 13.8. The Morgan fingerprint density at radius 1 is 0.769 bits per heavy atom. The summed E-state index contributed by atoms with van der Waals surface area (Å²) in [7, 11) is 0. The van der Waals surface area contributed by atoms with Crippen molar-refractivity contribution in [3.63, 3.8) is 0 Å². The van der Waals surface area contributed by atoms with Crippen LogP contribution in [0.5, 0.6) is 0 Å². The van der Waals surface area contributed by atoms with Crippen molar-refractivity contribution >= 4 is 29.3 Å². The molecule has 196 valence electrons. The summed E-state index contributed by atoms with van der Waals surface area (Å²) in [6.45, 7) is 0.110. The first-order valence-corrected chi connectivity index (χ1v) is 12.1. The average molecular weight is 528 g/mol. The summed E-state index contributed by atoms with van der Waals surface area (Å²) >= 11 is 0. The zero-order valence-electron chi connectivity index (χ0n) is 20.5. The van der Waals surface area contributed by atoms with Crippen molar-refractivity contribution in [3.05, 3.63) is 131 Å². The molecule has 0 spiro atoms. The van der Waals surface area contributed by atoms with Gasteiger partial charge in [-0.25, -0.2) is 13.6 Å². The van der Waals surface area contributed by atoms with Gasteiger partial charge in [-0.1, -0.05) is 48.5 Å². The van der Waals surface area contributed by atoms with E-state index >= 15 is 0 Å². The number of anilines is 2. The minimum absolute atomic E-state index is 0.110. The van der Waals surface area contributed by atoms with E-state index in [0.29, 0.717) is 11.3 Å². The van der Waals surface area contributed by atoms with E-state index in [-0.39, 0.29) is 17.8 Å². The summed E-state index contributed by atoms with van der Waals surface area (Å²) in [5, 5.41) is 5.42. The van der Waals surface area contributed by atoms with E-state index in [1.807, 2.05) is 30.3 Å². The first kappa shape index (κ1) is 25.6. The Balaban J connectivity index is 1.43. The second-order valence-corrected chi connectivity index (χ2v) is 8.95. The topological polar surface area (TPSA) is 87.7 Å². The molecule has 1 aliphatic rings. The normalized spacial score (nSPS) is 16.5. The average Bonchev–Trinajstić information content (AvgIpc) is 3.25. The Labute approximate surface area is 223 Å². The van der Waals surface area contributed by atoms with E-state index in [4.69, 9.17) is 4.74 Å². The molecule has 0 unspecified atom stereocenters. The van der Waals surface area contributed by atoms with Gasteiger partial charge in [0.2, 0.25) is 0 Å². The van der Waals surface area contributed by atoms with Crippen LogP contribution in [0.4, 0.5) is 25.0 Å². The van der Waals surface area contributed by atoms with Gasteiger partial charge in [0.15, 0.2) is 12.1 Å². The molecule has 4 aromatic carbocycles. The number of hydrogen-bond acceptors (Lipinski definition) is 4. The third-order valence-corrected chi connectivity index (χ3v) is 6.22. The lowest BCUT2D eigenvalue weighted by molar-refractivity contribution is -0.121. The van der Waals surface area contributed by atoms with Crippen LogP contribution in [0.3, 0.4) is 0 Å². The molecule has 2 atom stereocenters.